The van der Waals surface area contributed by atoms with Crippen molar-refractivity contribution in [3.05, 3.63) is 74.8 Å². The van der Waals surface area contributed by atoms with Crippen LogP contribution in [0.4, 0.5) is 5.69 Å². The molecule has 2 aromatic carbocycles. The first-order valence-electron chi connectivity index (χ1n) is 9.42. The van der Waals surface area contributed by atoms with Gasteiger partial charge in [0.2, 0.25) is 11.8 Å². The maximum absolute atomic E-state index is 13.0. The van der Waals surface area contributed by atoms with Gasteiger partial charge in [0.05, 0.1) is 10.7 Å². The van der Waals surface area contributed by atoms with Gasteiger partial charge in [0.1, 0.15) is 6.04 Å². The van der Waals surface area contributed by atoms with Gasteiger partial charge in [0, 0.05) is 36.5 Å². The fraction of sp³-hybridized carbons (Fsp3) is 0.333. The van der Waals surface area contributed by atoms with E-state index in [1.807, 2.05) is 25.1 Å². The minimum absolute atomic E-state index is 0.0297. The molecule has 9 heteroatoms. The summed E-state index contributed by atoms with van der Waals surface area (Å²) in [4.78, 5) is 37.2. The summed E-state index contributed by atoms with van der Waals surface area (Å²) in [6, 6.07) is 12.9. The second-order valence-electron chi connectivity index (χ2n) is 6.57. The normalized spacial score (nSPS) is 11.6. The largest absolute Gasteiger partial charge is 0.357 e. The number of carbonyl (C=O) groups excluding carboxylic acids is 2. The quantitative estimate of drug-likeness (QED) is 0.436. The number of benzene rings is 2. The van der Waals surface area contributed by atoms with Crippen LogP contribution in [0.15, 0.2) is 48.5 Å². The van der Waals surface area contributed by atoms with Crippen LogP contribution in [-0.4, -0.2) is 40.5 Å². The van der Waals surface area contributed by atoms with Crippen LogP contribution in [0.25, 0.3) is 0 Å². The number of nitro benzene ring substituents is 1. The number of nitrogens with zero attached hydrogens (tertiary/aromatic N) is 2. The van der Waals surface area contributed by atoms with Crippen LogP contribution in [0.1, 0.15) is 24.5 Å². The van der Waals surface area contributed by atoms with E-state index in [0.717, 1.165) is 11.1 Å². The standard InChI is InChI=1S/C21H24ClN3O4S/c1-3-19(21(27)23-2)24(12-16-6-4-5-7-18(16)22)20(26)14-30-13-15-8-10-17(11-9-15)25(28)29/h4-11,19H,3,12-14H2,1-2H3,(H,23,27)/t19-/m1/s1. The van der Waals surface area contributed by atoms with Gasteiger partial charge in [0.15, 0.2) is 0 Å². The number of hydrogen-bond donors (Lipinski definition) is 1. The van der Waals surface area contributed by atoms with Gasteiger partial charge in [-0.3, -0.25) is 19.7 Å². The molecular formula is C21H24ClN3O4S. The first-order chi connectivity index (χ1) is 14.4. The van der Waals surface area contributed by atoms with Gasteiger partial charge in [-0.1, -0.05) is 48.9 Å². The minimum atomic E-state index is -0.598. The average molecular weight is 450 g/mol. The Bertz CT molecular complexity index is 892. The number of hydrogen-bond acceptors (Lipinski definition) is 5. The van der Waals surface area contributed by atoms with Crippen molar-refractivity contribution in [2.24, 2.45) is 0 Å². The third kappa shape index (κ3) is 6.47. The molecule has 0 fully saturated rings. The van der Waals surface area contributed by atoms with Crippen molar-refractivity contribution in [3.63, 3.8) is 0 Å². The SMILES string of the molecule is CC[C@H](C(=O)NC)N(Cc1ccccc1Cl)C(=O)CSCc1ccc([N+](=O)[O-])cc1. The highest BCUT2D eigenvalue weighted by Crippen LogP contribution is 2.22. The van der Waals surface area contributed by atoms with Crippen molar-refractivity contribution in [2.45, 2.75) is 31.7 Å². The van der Waals surface area contributed by atoms with Gasteiger partial charge in [-0.2, -0.15) is 0 Å². The number of amides is 2. The summed E-state index contributed by atoms with van der Waals surface area (Å²) in [5.41, 5.74) is 1.69. The highest BCUT2D eigenvalue weighted by Gasteiger charge is 2.28. The van der Waals surface area contributed by atoms with E-state index in [-0.39, 0.29) is 29.8 Å². The number of nitro groups is 1. The van der Waals surface area contributed by atoms with E-state index in [4.69, 9.17) is 11.6 Å². The molecule has 1 N–H and O–H groups in total. The van der Waals surface area contributed by atoms with Crippen molar-refractivity contribution < 1.29 is 14.5 Å². The summed E-state index contributed by atoms with van der Waals surface area (Å²) in [5.74, 6) is 0.311. The molecule has 160 valence electrons. The van der Waals surface area contributed by atoms with Crippen molar-refractivity contribution in [2.75, 3.05) is 12.8 Å². The Hall–Kier alpha value is -2.58. The number of rotatable bonds is 10. The third-order valence-electron chi connectivity index (χ3n) is 4.57. The lowest BCUT2D eigenvalue weighted by molar-refractivity contribution is -0.384. The second-order valence-corrected chi connectivity index (χ2v) is 7.96. The fourth-order valence-electron chi connectivity index (χ4n) is 2.95. The summed E-state index contributed by atoms with van der Waals surface area (Å²) >= 11 is 7.66. The van der Waals surface area contributed by atoms with Crippen LogP contribution in [0.5, 0.6) is 0 Å². The summed E-state index contributed by atoms with van der Waals surface area (Å²) in [6.07, 6.45) is 0.475. The number of likely N-dealkylation sites (N-methyl/N-ethyl adjacent to an activating group) is 1. The molecule has 30 heavy (non-hydrogen) atoms. The molecule has 0 unspecified atom stereocenters. The number of thioether (sulfide) groups is 1. The Morgan fingerprint density at radius 1 is 1.20 bits per heavy atom. The van der Waals surface area contributed by atoms with E-state index >= 15 is 0 Å². The molecule has 0 spiro atoms. The number of non-ortho nitro benzene ring substituents is 1. The molecule has 0 saturated carbocycles. The summed E-state index contributed by atoms with van der Waals surface area (Å²) < 4.78 is 0. The van der Waals surface area contributed by atoms with Gasteiger partial charge in [0.25, 0.3) is 5.69 Å². The molecule has 0 aliphatic heterocycles. The van der Waals surface area contributed by atoms with Crippen molar-refractivity contribution in [3.8, 4) is 0 Å². The Labute approximate surface area is 184 Å². The van der Waals surface area contributed by atoms with Gasteiger partial charge >= 0.3 is 0 Å². The van der Waals surface area contributed by atoms with Gasteiger partial charge in [-0.25, -0.2) is 0 Å². The number of carbonyl (C=O) groups is 2. The first kappa shape index (κ1) is 23.7. The molecule has 7 nitrogen and oxygen atoms in total. The molecule has 2 rings (SSSR count). The number of halogens is 1. The lowest BCUT2D eigenvalue weighted by Crippen LogP contribution is -2.48. The van der Waals surface area contributed by atoms with E-state index in [9.17, 15) is 19.7 Å². The predicted molar refractivity (Wildman–Crippen MR) is 119 cm³/mol. The van der Waals surface area contributed by atoms with Crippen LogP contribution >= 0.6 is 23.4 Å². The molecule has 0 aromatic heterocycles. The first-order valence-corrected chi connectivity index (χ1v) is 11.0. The van der Waals surface area contributed by atoms with Crippen LogP contribution < -0.4 is 5.32 Å². The van der Waals surface area contributed by atoms with E-state index in [2.05, 4.69) is 5.32 Å². The zero-order chi connectivity index (χ0) is 22.1. The van der Waals surface area contributed by atoms with Crippen molar-refractivity contribution >= 4 is 40.9 Å². The minimum Gasteiger partial charge on any atom is -0.357 e. The fourth-order valence-corrected chi connectivity index (χ4v) is 4.02. The molecule has 2 aromatic rings. The summed E-state index contributed by atoms with van der Waals surface area (Å²) in [7, 11) is 1.55. The lowest BCUT2D eigenvalue weighted by Gasteiger charge is -2.30. The maximum Gasteiger partial charge on any atom is 0.269 e. The topological polar surface area (TPSA) is 92.6 Å². The van der Waals surface area contributed by atoms with Gasteiger partial charge < -0.3 is 10.2 Å². The van der Waals surface area contributed by atoms with Gasteiger partial charge in [-0.15, -0.1) is 11.8 Å². The summed E-state index contributed by atoms with van der Waals surface area (Å²) in [6.45, 7) is 2.10. The van der Waals surface area contributed by atoms with E-state index in [0.29, 0.717) is 17.2 Å². The zero-order valence-corrected chi connectivity index (χ0v) is 18.4. The average Bonchev–Trinajstić information content (AvgIpc) is 2.74. The van der Waals surface area contributed by atoms with E-state index < -0.39 is 11.0 Å². The Kier molecular flexibility index (Phi) is 9.14. The molecule has 0 heterocycles. The molecule has 2 amide bonds. The molecule has 0 radical (unpaired) electrons. The lowest BCUT2D eigenvalue weighted by atomic mass is 10.1. The van der Waals surface area contributed by atoms with E-state index in [1.54, 1.807) is 30.1 Å². The molecule has 0 aliphatic carbocycles. The van der Waals surface area contributed by atoms with Crippen LogP contribution in [0.2, 0.25) is 5.02 Å². The highest BCUT2D eigenvalue weighted by atomic mass is 35.5. The predicted octanol–water partition coefficient (Wildman–Crippen LogP) is 4.03. The van der Waals surface area contributed by atoms with Crippen LogP contribution in [0.3, 0.4) is 0 Å². The second kappa shape index (κ2) is 11.6. The van der Waals surface area contributed by atoms with Crippen LogP contribution in [-0.2, 0) is 21.9 Å². The summed E-state index contributed by atoms with van der Waals surface area (Å²) in [5, 5.41) is 13.9. The van der Waals surface area contributed by atoms with Crippen molar-refractivity contribution in [1.29, 1.82) is 0 Å². The Morgan fingerprint density at radius 2 is 1.87 bits per heavy atom. The highest BCUT2D eigenvalue weighted by molar-refractivity contribution is 7.99. The molecular weight excluding hydrogens is 426 g/mol. The van der Waals surface area contributed by atoms with Gasteiger partial charge in [-0.05, 0) is 23.6 Å². The molecule has 0 saturated heterocycles. The Morgan fingerprint density at radius 3 is 2.43 bits per heavy atom. The third-order valence-corrected chi connectivity index (χ3v) is 5.93. The monoisotopic (exact) mass is 449 g/mol. The number of nitrogens with one attached hydrogen (secondary N) is 1. The Balaban J connectivity index is 2.08. The maximum atomic E-state index is 13.0. The smallest absolute Gasteiger partial charge is 0.269 e. The van der Waals surface area contributed by atoms with Crippen LogP contribution in [0, 0.1) is 10.1 Å². The van der Waals surface area contributed by atoms with E-state index in [1.165, 1.54) is 23.9 Å². The zero-order valence-electron chi connectivity index (χ0n) is 16.8. The van der Waals surface area contributed by atoms with Crippen molar-refractivity contribution in [1.82, 2.24) is 10.2 Å². The molecule has 0 aliphatic rings. The molecule has 1 atom stereocenters. The molecule has 0 bridgehead atoms.